The van der Waals surface area contributed by atoms with E-state index in [1.54, 1.807) is 0 Å². The number of methoxy groups -OCH3 is 2. The van der Waals surface area contributed by atoms with Crippen LogP contribution in [0.4, 0.5) is 52.7 Å². The fourth-order valence-corrected chi connectivity index (χ4v) is 5.69. The van der Waals surface area contributed by atoms with Crippen molar-refractivity contribution in [2.45, 2.75) is 62.6 Å². The van der Waals surface area contributed by atoms with Crippen LogP contribution >= 0.6 is 0 Å². The van der Waals surface area contributed by atoms with Gasteiger partial charge in [0.15, 0.2) is 29.3 Å². The molecule has 2 fully saturated rings. The summed E-state index contributed by atoms with van der Waals surface area (Å²) in [5.41, 5.74) is -3.15. The number of benzene rings is 4. The van der Waals surface area contributed by atoms with Gasteiger partial charge >= 0.3 is 31.0 Å². The molecule has 2 saturated carbocycles. The second-order valence-electron chi connectivity index (χ2n) is 12.8. The van der Waals surface area contributed by atoms with Gasteiger partial charge in [0.2, 0.25) is 0 Å². The standard InChI is InChI=1S/C19H14F6O5.C19H14F6O4/c1-28-16-6-10(30-19(23,24)25)4-5-14(16)29-15-8-11(9-2-3-9)13(18(20,21)22)7-12(15)17(26)27;1-27-17-7-12(29-19(23,24)25)4-5-15(17)28-16-8-13(10-2-3-10)14(18(20,21)22)6-11(16)9-26/h4-9H,2-3H2,1H3,(H,26,27);4-10H,2-3H2,1H3. The number of aldehydes is 1. The molecule has 0 atom stereocenters. The number of hydrogen-bond acceptors (Lipinski definition) is 8. The summed E-state index contributed by atoms with van der Waals surface area (Å²) in [4.78, 5) is 22.9. The molecule has 1 N–H and O–H groups in total. The van der Waals surface area contributed by atoms with Crippen molar-refractivity contribution in [3.05, 3.63) is 94.0 Å². The summed E-state index contributed by atoms with van der Waals surface area (Å²) < 4.78 is 183. The Hall–Kier alpha value is -6.02. The van der Waals surface area contributed by atoms with Crippen molar-refractivity contribution in [3.63, 3.8) is 0 Å². The van der Waals surface area contributed by atoms with Gasteiger partial charge in [0.25, 0.3) is 0 Å². The molecule has 2 aliphatic rings. The Morgan fingerprint density at radius 1 is 0.576 bits per heavy atom. The molecule has 0 aliphatic heterocycles. The van der Waals surface area contributed by atoms with Crippen molar-refractivity contribution in [1.82, 2.24) is 0 Å². The molecule has 0 saturated heterocycles. The lowest BCUT2D eigenvalue weighted by molar-refractivity contribution is -0.275. The van der Waals surface area contributed by atoms with Crippen molar-refractivity contribution in [2.75, 3.05) is 14.2 Å². The molecule has 0 spiro atoms. The van der Waals surface area contributed by atoms with Gasteiger partial charge in [0.1, 0.15) is 28.6 Å². The number of alkyl halides is 12. The number of rotatable bonds is 12. The molecular formula is C38H28F12O9. The lowest BCUT2D eigenvalue weighted by atomic mass is 9.98. The zero-order valence-corrected chi connectivity index (χ0v) is 30.1. The Morgan fingerprint density at radius 2 is 0.983 bits per heavy atom. The van der Waals surface area contributed by atoms with Gasteiger partial charge in [0.05, 0.1) is 30.9 Å². The second kappa shape index (κ2) is 16.7. The minimum atomic E-state index is -4.95. The van der Waals surface area contributed by atoms with Gasteiger partial charge in [-0.1, -0.05) is 0 Å². The number of aromatic carboxylic acids is 1. The molecule has 9 nitrogen and oxygen atoms in total. The van der Waals surface area contributed by atoms with Crippen molar-refractivity contribution < 1.29 is 95.8 Å². The number of hydrogen-bond donors (Lipinski definition) is 1. The molecule has 0 amide bonds. The highest BCUT2D eigenvalue weighted by Gasteiger charge is 2.41. The van der Waals surface area contributed by atoms with E-state index in [9.17, 15) is 67.4 Å². The molecule has 318 valence electrons. The van der Waals surface area contributed by atoms with E-state index in [2.05, 4.69) is 9.47 Å². The first-order chi connectivity index (χ1) is 27.4. The van der Waals surface area contributed by atoms with Gasteiger partial charge in [0, 0.05) is 12.1 Å². The van der Waals surface area contributed by atoms with Crippen LogP contribution in [0.25, 0.3) is 0 Å². The number of carboxylic acid groups (broad SMARTS) is 1. The smallest absolute Gasteiger partial charge is 0.493 e. The van der Waals surface area contributed by atoms with E-state index < -0.39 is 59.2 Å². The maximum absolute atomic E-state index is 13.4. The predicted octanol–water partition coefficient (Wildman–Crippen LogP) is 12.1. The molecule has 0 heterocycles. The van der Waals surface area contributed by atoms with E-state index in [1.165, 1.54) is 7.11 Å². The van der Waals surface area contributed by atoms with Gasteiger partial charge in [-0.05, 0) is 97.2 Å². The van der Waals surface area contributed by atoms with Crippen molar-refractivity contribution >= 4 is 12.3 Å². The largest absolute Gasteiger partial charge is 0.573 e. The average Bonchev–Trinajstić information content (AvgIpc) is 4.05. The highest BCUT2D eigenvalue weighted by Crippen LogP contribution is 2.50. The van der Waals surface area contributed by atoms with Crippen LogP contribution in [0.15, 0.2) is 60.7 Å². The lowest BCUT2D eigenvalue weighted by Crippen LogP contribution is -2.17. The monoisotopic (exact) mass is 856 g/mol. The van der Waals surface area contributed by atoms with E-state index in [1.807, 2.05) is 0 Å². The Bertz CT molecular complexity index is 2190. The van der Waals surface area contributed by atoms with Crippen LogP contribution in [-0.4, -0.2) is 44.3 Å². The van der Waals surface area contributed by atoms with Crippen LogP contribution in [0.1, 0.15) is 80.5 Å². The SMILES string of the molecule is COc1cc(OC(F)(F)F)ccc1Oc1cc(C2CC2)c(C(F)(F)F)cc1C(=O)O.COc1cc(OC(F)(F)F)ccc1Oc1cc(C2CC2)c(C(F)(F)F)cc1C=O. The van der Waals surface area contributed by atoms with Crippen LogP contribution in [0, 0.1) is 0 Å². The van der Waals surface area contributed by atoms with E-state index in [-0.39, 0.29) is 69.3 Å². The van der Waals surface area contributed by atoms with Crippen LogP contribution < -0.4 is 28.4 Å². The van der Waals surface area contributed by atoms with Gasteiger partial charge in [-0.25, -0.2) is 4.79 Å². The summed E-state index contributed by atoms with van der Waals surface area (Å²) in [5.74, 6) is -4.73. The van der Waals surface area contributed by atoms with E-state index >= 15 is 0 Å². The van der Waals surface area contributed by atoms with E-state index in [0.29, 0.717) is 37.8 Å². The maximum atomic E-state index is 13.4. The summed E-state index contributed by atoms with van der Waals surface area (Å²) in [5, 5.41) is 9.35. The summed E-state index contributed by atoms with van der Waals surface area (Å²) in [6.07, 6.45) is -16.8. The fraction of sp³-hybridized carbons (Fsp3) is 0.316. The highest BCUT2D eigenvalue weighted by molar-refractivity contribution is 5.91. The maximum Gasteiger partial charge on any atom is 0.573 e. The molecule has 2 aliphatic carbocycles. The minimum Gasteiger partial charge on any atom is -0.493 e. The van der Waals surface area contributed by atoms with Crippen molar-refractivity contribution in [2.24, 2.45) is 0 Å². The molecule has 0 radical (unpaired) electrons. The van der Waals surface area contributed by atoms with Crippen LogP contribution in [0.2, 0.25) is 0 Å². The Kier molecular flexibility index (Phi) is 12.5. The number of carbonyl (C=O) groups is 2. The van der Waals surface area contributed by atoms with Crippen molar-refractivity contribution in [1.29, 1.82) is 0 Å². The molecule has 0 unspecified atom stereocenters. The zero-order chi connectivity index (χ0) is 43.7. The van der Waals surface area contributed by atoms with Gasteiger partial charge in [-0.3, -0.25) is 4.79 Å². The third-order valence-electron chi connectivity index (χ3n) is 8.51. The lowest BCUT2D eigenvalue weighted by Gasteiger charge is -2.18. The Morgan fingerprint density at radius 3 is 1.34 bits per heavy atom. The molecular weight excluding hydrogens is 828 g/mol. The predicted molar refractivity (Wildman–Crippen MR) is 179 cm³/mol. The Labute approximate surface area is 324 Å². The second-order valence-corrected chi connectivity index (χ2v) is 12.8. The third-order valence-corrected chi connectivity index (χ3v) is 8.51. The molecule has 6 rings (SSSR count). The molecule has 59 heavy (non-hydrogen) atoms. The summed E-state index contributed by atoms with van der Waals surface area (Å²) in [7, 11) is 2.29. The van der Waals surface area contributed by atoms with Gasteiger partial charge in [-0.2, -0.15) is 26.3 Å². The molecule has 0 aromatic heterocycles. The van der Waals surface area contributed by atoms with E-state index in [4.69, 9.17) is 18.9 Å². The van der Waals surface area contributed by atoms with Gasteiger partial charge < -0.3 is 33.5 Å². The van der Waals surface area contributed by atoms with Crippen LogP contribution in [0.3, 0.4) is 0 Å². The summed E-state index contributed by atoms with van der Waals surface area (Å²) in [6.45, 7) is 0. The first-order valence-corrected chi connectivity index (χ1v) is 16.8. The first-order valence-electron chi connectivity index (χ1n) is 16.8. The number of ether oxygens (including phenoxy) is 6. The zero-order valence-electron chi connectivity index (χ0n) is 30.1. The number of halogens is 12. The van der Waals surface area contributed by atoms with Crippen molar-refractivity contribution in [3.8, 4) is 46.0 Å². The quantitative estimate of drug-likeness (QED) is 0.110. The third kappa shape index (κ3) is 11.6. The minimum absolute atomic E-state index is 0.00842. The fourth-order valence-electron chi connectivity index (χ4n) is 5.69. The van der Waals surface area contributed by atoms with Gasteiger partial charge in [-0.15, -0.1) is 26.3 Å². The normalized spacial score (nSPS) is 14.4. The van der Waals surface area contributed by atoms with Crippen LogP contribution in [-0.2, 0) is 12.4 Å². The average molecular weight is 857 g/mol. The summed E-state index contributed by atoms with van der Waals surface area (Å²) >= 11 is 0. The highest BCUT2D eigenvalue weighted by atomic mass is 19.4. The van der Waals surface area contributed by atoms with Crippen LogP contribution in [0.5, 0.6) is 46.0 Å². The summed E-state index contributed by atoms with van der Waals surface area (Å²) in [6, 6.07) is 9.11. The van der Waals surface area contributed by atoms with E-state index in [0.717, 1.165) is 55.6 Å². The topological polar surface area (TPSA) is 110 Å². The Balaban J connectivity index is 0.000000224. The number of carbonyl (C=O) groups excluding carboxylic acids is 1. The molecule has 21 heteroatoms. The number of carboxylic acids is 1. The first kappa shape index (κ1) is 44.1. The molecule has 0 bridgehead atoms. The molecule has 4 aromatic rings. The molecule has 4 aromatic carbocycles.